The first-order valence-corrected chi connectivity index (χ1v) is 11.9. The predicted octanol–water partition coefficient (Wildman–Crippen LogP) is 4.54. The van der Waals surface area contributed by atoms with Crippen LogP contribution in [-0.2, 0) is 24.1 Å². The molecule has 0 unspecified atom stereocenters. The van der Waals surface area contributed by atoms with Crippen LogP contribution in [0.3, 0.4) is 0 Å². The van der Waals surface area contributed by atoms with Crippen molar-refractivity contribution in [3.05, 3.63) is 40.4 Å². The van der Waals surface area contributed by atoms with E-state index in [-0.39, 0.29) is 5.69 Å². The van der Waals surface area contributed by atoms with Crippen molar-refractivity contribution >= 4 is 12.1 Å². The van der Waals surface area contributed by atoms with Gasteiger partial charge in [0.25, 0.3) is 0 Å². The average Bonchev–Trinajstić information content (AvgIpc) is 3.34. The molecule has 0 atom stereocenters. The van der Waals surface area contributed by atoms with E-state index in [0.717, 1.165) is 27.9 Å². The smallest absolute Gasteiger partial charge is 0.407 e. The number of carboxylic acids is 1. The summed E-state index contributed by atoms with van der Waals surface area (Å²) >= 11 is 0. The van der Waals surface area contributed by atoms with Gasteiger partial charge in [0.05, 0.1) is 24.1 Å². The molecule has 2 aromatic heterocycles. The van der Waals surface area contributed by atoms with Crippen LogP contribution >= 0.6 is 0 Å². The van der Waals surface area contributed by atoms with Gasteiger partial charge in [-0.25, -0.2) is 9.59 Å². The lowest BCUT2D eigenvalue weighted by molar-refractivity contribution is 0.0524. The number of hydrogen-bond acceptors (Lipinski definition) is 7. The Morgan fingerprint density at radius 1 is 1.19 bits per heavy atom. The second kappa shape index (κ2) is 9.67. The molecule has 1 aromatic carbocycles. The van der Waals surface area contributed by atoms with Gasteiger partial charge in [0.2, 0.25) is 0 Å². The minimum Gasteiger partial charge on any atom is -0.496 e. The lowest BCUT2D eigenvalue weighted by Crippen LogP contribution is -2.33. The molecule has 3 aromatic rings. The number of alkyl carbamates (subject to hydrolysis) is 1. The maximum atomic E-state index is 12.2. The third-order valence-electron chi connectivity index (χ3n) is 6.10. The van der Waals surface area contributed by atoms with Crippen LogP contribution in [0.1, 0.15) is 60.3 Å². The molecule has 10 nitrogen and oxygen atoms in total. The molecule has 10 heteroatoms. The first-order valence-electron chi connectivity index (χ1n) is 11.9. The Hall–Kier alpha value is -3.82. The quantitative estimate of drug-likeness (QED) is 0.456. The first-order chi connectivity index (χ1) is 17.0. The molecule has 0 radical (unpaired) electrons. The van der Waals surface area contributed by atoms with Gasteiger partial charge in [-0.15, -0.1) is 0 Å². The standard InChI is InChI=1S/C26H32N4O6/c1-14-21(15(2)36-29-14)19-13-18-16(12-20(19)34-6)8-9-17-22(18)28-30(23(17)24(31)32)11-7-10-27-25(33)35-26(3,4)5/h12-13H,7-11H2,1-6H3,(H,27,33)(H,31,32). The zero-order valence-corrected chi connectivity index (χ0v) is 21.5. The lowest BCUT2D eigenvalue weighted by Gasteiger charge is -2.19. The highest BCUT2D eigenvalue weighted by molar-refractivity contribution is 5.92. The largest absolute Gasteiger partial charge is 0.496 e. The van der Waals surface area contributed by atoms with Crippen molar-refractivity contribution in [3.8, 4) is 28.1 Å². The molecule has 1 amide bonds. The molecule has 0 fully saturated rings. The molecule has 2 heterocycles. The Morgan fingerprint density at radius 2 is 1.94 bits per heavy atom. The number of amides is 1. The van der Waals surface area contributed by atoms with Crippen molar-refractivity contribution < 1.29 is 28.7 Å². The third-order valence-corrected chi connectivity index (χ3v) is 6.10. The number of carbonyl (C=O) groups is 2. The first kappa shape index (κ1) is 25.3. The van der Waals surface area contributed by atoms with E-state index in [1.165, 1.54) is 4.68 Å². The van der Waals surface area contributed by atoms with Gasteiger partial charge >= 0.3 is 12.1 Å². The van der Waals surface area contributed by atoms with Crippen LogP contribution in [0.5, 0.6) is 5.75 Å². The number of aryl methyl sites for hydroxylation is 4. The van der Waals surface area contributed by atoms with Crippen molar-refractivity contribution in [1.29, 1.82) is 0 Å². The molecule has 36 heavy (non-hydrogen) atoms. The molecule has 0 spiro atoms. The van der Waals surface area contributed by atoms with Crippen molar-refractivity contribution in [1.82, 2.24) is 20.3 Å². The van der Waals surface area contributed by atoms with E-state index in [4.69, 9.17) is 19.1 Å². The fourth-order valence-electron chi connectivity index (χ4n) is 4.63. The number of fused-ring (bicyclic) bond motifs is 3. The maximum Gasteiger partial charge on any atom is 0.407 e. The number of carboxylic acid groups (broad SMARTS) is 1. The normalized spacial score (nSPS) is 12.6. The number of aromatic nitrogens is 3. The van der Waals surface area contributed by atoms with E-state index in [1.807, 2.05) is 26.0 Å². The Bertz CT molecular complexity index is 1300. The van der Waals surface area contributed by atoms with Crippen LogP contribution < -0.4 is 10.1 Å². The van der Waals surface area contributed by atoms with E-state index < -0.39 is 17.7 Å². The number of nitrogens with zero attached hydrogens (tertiary/aromatic N) is 3. The molecular formula is C26H32N4O6. The van der Waals surface area contributed by atoms with Crippen LogP contribution in [0.25, 0.3) is 22.4 Å². The number of rotatable bonds is 7. The van der Waals surface area contributed by atoms with Gasteiger partial charge in [0.15, 0.2) is 0 Å². The summed E-state index contributed by atoms with van der Waals surface area (Å²) < 4.78 is 17.8. The summed E-state index contributed by atoms with van der Waals surface area (Å²) in [5, 5.41) is 21.5. The Labute approximate surface area is 209 Å². The highest BCUT2D eigenvalue weighted by atomic mass is 16.6. The number of carbonyl (C=O) groups excluding carboxylic acids is 1. The van der Waals surface area contributed by atoms with E-state index in [2.05, 4.69) is 10.5 Å². The van der Waals surface area contributed by atoms with E-state index in [9.17, 15) is 14.7 Å². The van der Waals surface area contributed by atoms with Crippen molar-refractivity contribution in [2.75, 3.05) is 13.7 Å². The number of ether oxygens (including phenoxy) is 2. The number of benzene rings is 1. The topological polar surface area (TPSA) is 129 Å². The van der Waals surface area contributed by atoms with Gasteiger partial charge < -0.3 is 24.4 Å². The van der Waals surface area contributed by atoms with Gasteiger partial charge in [-0.2, -0.15) is 5.10 Å². The lowest BCUT2D eigenvalue weighted by atomic mass is 9.86. The highest BCUT2D eigenvalue weighted by Gasteiger charge is 2.30. The summed E-state index contributed by atoms with van der Waals surface area (Å²) in [5.41, 5.74) is 5.32. The number of hydrogen-bond donors (Lipinski definition) is 2. The van der Waals surface area contributed by atoms with Crippen LogP contribution in [0.2, 0.25) is 0 Å². The zero-order valence-electron chi connectivity index (χ0n) is 21.5. The Kier molecular flexibility index (Phi) is 6.79. The molecule has 0 saturated heterocycles. The number of aromatic carboxylic acids is 1. The summed E-state index contributed by atoms with van der Waals surface area (Å²) in [5.74, 6) is 0.362. The highest BCUT2D eigenvalue weighted by Crippen LogP contribution is 2.43. The van der Waals surface area contributed by atoms with E-state index >= 15 is 0 Å². The van der Waals surface area contributed by atoms with Crippen molar-refractivity contribution in [2.24, 2.45) is 0 Å². The van der Waals surface area contributed by atoms with Crippen molar-refractivity contribution in [3.63, 3.8) is 0 Å². The van der Waals surface area contributed by atoms with Crippen molar-refractivity contribution in [2.45, 2.75) is 66.0 Å². The molecule has 1 aliphatic rings. The summed E-state index contributed by atoms with van der Waals surface area (Å²) in [6.07, 6.45) is 1.23. The molecule has 0 aliphatic heterocycles. The predicted molar refractivity (Wildman–Crippen MR) is 132 cm³/mol. The van der Waals surface area contributed by atoms with E-state index in [1.54, 1.807) is 27.9 Å². The summed E-state index contributed by atoms with van der Waals surface area (Å²) in [4.78, 5) is 24.1. The molecule has 0 saturated carbocycles. The monoisotopic (exact) mass is 496 g/mol. The molecule has 2 N–H and O–H groups in total. The Morgan fingerprint density at radius 3 is 2.56 bits per heavy atom. The fraction of sp³-hybridized carbons (Fsp3) is 0.462. The van der Waals surface area contributed by atoms with Gasteiger partial charge in [0.1, 0.15) is 22.8 Å². The van der Waals surface area contributed by atoms with Gasteiger partial charge in [-0.05, 0) is 71.6 Å². The average molecular weight is 497 g/mol. The number of nitrogens with one attached hydrogen (secondary N) is 1. The summed E-state index contributed by atoms with van der Waals surface area (Å²) in [6, 6.07) is 3.98. The SMILES string of the molecule is COc1cc2c(cc1-c1c(C)noc1C)-c1nn(CCCNC(=O)OC(C)(C)C)c(C(=O)O)c1CC2. The summed E-state index contributed by atoms with van der Waals surface area (Å²) in [6.45, 7) is 9.79. The third kappa shape index (κ3) is 4.93. The van der Waals surface area contributed by atoms with Crippen LogP contribution in [0, 0.1) is 13.8 Å². The molecule has 0 bridgehead atoms. The molecule has 192 valence electrons. The zero-order chi connectivity index (χ0) is 26.2. The number of methoxy groups -OCH3 is 1. The fourth-order valence-corrected chi connectivity index (χ4v) is 4.63. The van der Waals surface area contributed by atoms with Crippen LogP contribution in [0.15, 0.2) is 16.7 Å². The molecule has 4 rings (SSSR count). The van der Waals surface area contributed by atoms with Gasteiger partial charge in [0, 0.05) is 29.8 Å². The van der Waals surface area contributed by atoms with Gasteiger partial charge in [-0.3, -0.25) is 4.68 Å². The minimum atomic E-state index is -1.02. The molecular weight excluding hydrogens is 464 g/mol. The second-order valence-corrected chi connectivity index (χ2v) is 9.90. The van der Waals surface area contributed by atoms with Crippen LogP contribution in [0.4, 0.5) is 4.79 Å². The van der Waals surface area contributed by atoms with E-state index in [0.29, 0.717) is 55.1 Å². The maximum absolute atomic E-state index is 12.2. The van der Waals surface area contributed by atoms with Crippen LogP contribution in [-0.4, -0.2) is 51.4 Å². The second-order valence-electron chi connectivity index (χ2n) is 9.90. The minimum absolute atomic E-state index is 0.183. The summed E-state index contributed by atoms with van der Waals surface area (Å²) in [7, 11) is 1.63. The van der Waals surface area contributed by atoms with Gasteiger partial charge in [-0.1, -0.05) is 5.16 Å². The Balaban J connectivity index is 1.65. The molecule has 1 aliphatic carbocycles.